The minimum absolute atomic E-state index is 0.377. The maximum atomic E-state index is 10.7. The topological polar surface area (TPSA) is 63.3 Å². The Bertz CT molecular complexity index is 195. The standard InChI is InChI=1S/C11H23NO2S/c1-4-5-6-7-8-15-11(2,3)9(12)10(13)14/h9H,4-8,12H2,1-3H3,(H,13,14)/t9-/m1/s1. The largest absolute Gasteiger partial charge is 0.480 e. The van der Waals surface area contributed by atoms with E-state index in [1.807, 2.05) is 13.8 Å². The van der Waals surface area contributed by atoms with Gasteiger partial charge in [-0.25, -0.2) is 0 Å². The minimum Gasteiger partial charge on any atom is -0.480 e. The second-order valence-corrected chi connectivity index (χ2v) is 6.08. The average Bonchev–Trinajstić information content (AvgIpc) is 2.16. The van der Waals surface area contributed by atoms with Crippen LogP contribution in [0.1, 0.15) is 46.5 Å². The van der Waals surface area contributed by atoms with Crippen LogP contribution in [0.4, 0.5) is 0 Å². The number of aliphatic carboxylic acids is 1. The normalized spacial score (nSPS) is 13.9. The third kappa shape index (κ3) is 6.05. The first kappa shape index (κ1) is 14.8. The molecule has 0 aromatic carbocycles. The van der Waals surface area contributed by atoms with Crippen LogP contribution in [0.25, 0.3) is 0 Å². The number of carboxylic acids is 1. The third-order valence-electron chi connectivity index (χ3n) is 2.49. The highest BCUT2D eigenvalue weighted by atomic mass is 32.2. The molecule has 0 spiro atoms. The molecule has 0 unspecified atom stereocenters. The van der Waals surface area contributed by atoms with Gasteiger partial charge in [0.15, 0.2) is 0 Å². The molecule has 3 N–H and O–H groups in total. The molecule has 0 amide bonds. The summed E-state index contributed by atoms with van der Waals surface area (Å²) >= 11 is 1.66. The Morgan fingerprint density at radius 1 is 1.40 bits per heavy atom. The lowest BCUT2D eigenvalue weighted by Crippen LogP contribution is -2.46. The number of hydrogen-bond acceptors (Lipinski definition) is 3. The van der Waals surface area contributed by atoms with E-state index in [2.05, 4.69) is 6.92 Å². The Hall–Kier alpha value is -0.220. The van der Waals surface area contributed by atoms with Crippen molar-refractivity contribution in [1.29, 1.82) is 0 Å². The van der Waals surface area contributed by atoms with Gasteiger partial charge in [0.1, 0.15) is 6.04 Å². The fourth-order valence-electron chi connectivity index (χ4n) is 1.25. The van der Waals surface area contributed by atoms with Crippen LogP contribution in [0.15, 0.2) is 0 Å². The van der Waals surface area contributed by atoms with Gasteiger partial charge in [-0.05, 0) is 26.0 Å². The molecule has 0 aromatic heterocycles. The number of hydrogen-bond donors (Lipinski definition) is 2. The van der Waals surface area contributed by atoms with Crippen LogP contribution in [-0.4, -0.2) is 27.6 Å². The van der Waals surface area contributed by atoms with Crippen LogP contribution < -0.4 is 5.73 Å². The molecule has 0 bridgehead atoms. The molecule has 0 aliphatic rings. The monoisotopic (exact) mass is 233 g/mol. The molecule has 15 heavy (non-hydrogen) atoms. The predicted octanol–water partition coefficient (Wildman–Crippen LogP) is 2.49. The molecule has 90 valence electrons. The molecule has 0 aliphatic carbocycles. The zero-order valence-corrected chi connectivity index (χ0v) is 10.8. The zero-order chi connectivity index (χ0) is 11.9. The van der Waals surface area contributed by atoms with Crippen molar-refractivity contribution in [3.05, 3.63) is 0 Å². The van der Waals surface area contributed by atoms with Gasteiger partial charge in [-0.2, -0.15) is 11.8 Å². The Morgan fingerprint density at radius 2 is 2.00 bits per heavy atom. The van der Waals surface area contributed by atoms with Crippen LogP contribution in [0.3, 0.4) is 0 Å². The number of rotatable bonds is 8. The van der Waals surface area contributed by atoms with E-state index in [-0.39, 0.29) is 4.75 Å². The summed E-state index contributed by atoms with van der Waals surface area (Å²) in [4.78, 5) is 10.7. The number of carbonyl (C=O) groups is 1. The van der Waals surface area contributed by atoms with E-state index in [1.54, 1.807) is 11.8 Å². The second-order valence-electron chi connectivity index (χ2n) is 4.33. The lowest BCUT2D eigenvalue weighted by Gasteiger charge is -2.27. The van der Waals surface area contributed by atoms with Gasteiger partial charge in [0.2, 0.25) is 0 Å². The highest BCUT2D eigenvalue weighted by Crippen LogP contribution is 2.28. The van der Waals surface area contributed by atoms with Crippen LogP contribution in [0, 0.1) is 0 Å². The molecule has 1 atom stereocenters. The number of nitrogens with two attached hydrogens (primary N) is 1. The summed E-state index contributed by atoms with van der Waals surface area (Å²) in [5.74, 6) is 0.0783. The molecule has 0 aliphatic heterocycles. The molecule has 0 fully saturated rings. The fraction of sp³-hybridized carbons (Fsp3) is 0.909. The Morgan fingerprint density at radius 3 is 2.47 bits per heavy atom. The summed E-state index contributed by atoms with van der Waals surface area (Å²) in [6.07, 6.45) is 4.85. The fourth-order valence-corrected chi connectivity index (χ4v) is 2.41. The van der Waals surface area contributed by atoms with Crippen molar-refractivity contribution >= 4 is 17.7 Å². The minimum atomic E-state index is -0.916. The third-order valence-corrected chi connectivity index (χ3v) is 3.98. The molecule has 0 rings (SSSR count). The van der Waals surface area contributed by atoms with E-state index in [0.29, 0.717) is 0 Å². The highest BCUT2D eigenvalue weighted by Gasteiger charge is 2.32. The molecular weight excluding hydrogens is 210 g/mol. The van der Waals surface area contributed by atoms with Gasteiger partial charge in [0.05, 0.1) is 0 Å². The van der Waals surface area contributed by atoms with Crippen molar-refractivity contribution in [2.24, 2.45) is 5.73 Å². The molecule has 4 heteroatoms. The smallest absolute Gasteiger partial charge is 0.321 e. The van der Waals surface area contributed by atoms with E-state index in [0.717, 1.165) is 12.2 Å². The first-order valence-corrected chi connectivity index (χ1v) is 6.52. The summed E-state index contributed by atoms with van der Waals surface area (Å²) in [5, 5.41) is 8.82. The molecule has 0 radical (unpaired) electrons. The number of unbranched alkanes of at least 4 members (excludes halogenated alkanes) is 3. The van der Waals surface area contributed by atoms with Crippen molar-refractivity contribution in [2.45, 2.75) is 57.2 Å². The average molecular weight is 233 g/mol. The van der Waals surface area contributed by atoms with Crippen molar-refractivity contribution in [1.82, 2.24) is 0 Å². The predicted molar refractivity (Wildman–Crippen MR) is 66.3 cm³/mol. The van der Waals surface area contributed by atoms with Gasteiger partial charge in [-0.3, -0.25) is 4.79 Å². The summed E-state index contributed by atoms with van der Waals surface area (Å²) in [5.41, 5.74) is 5.61. The first-order chi connectivity index (χ1) is 6.91. The van der Waals surface area contributed by atoms with E-state index in [1.165, 1.54) is 19.3 Å². The summed E-state index contributed by atoms with van der Waals surface area (Å²) in [6.45, 7) is 5.98. The SMILES string of the molecule is CCCCCCSC(C)(C)[C@H](N)C(=O)O. The Balaban J connectivity index is 3.78. The van der Waals surface area contributed by atoms with Gasteiger partial charge >= 0.3 is 5.97 Å². The lowest BCUT2D eigenvalue weighted by atomic mass is 10.1. The summed E-state index contributed by atoms with van der Waals surface area (Å²) in [6, 6.07) is -0.784. The summed E-state index contributed by atoms with van der Waals surface area (Å²) in [7, 11) is 0. The highest BCUT2D eigenvalue weighted by molar-refractivity contribution is 8.00. The van der Waals surface area contributed by atoms with Crippen LogP contribution in [0.5, 0.6) is 0 Å². The van der Waals surface area contributed by atoms with Gasteiger partial charge in [0, 0.05) is 4.75 Å². The number of carboxylic acid groups (broad SMARTS) is 1. The first-order valence-electron chi connectivity index (χ1n) is 5.54. The van der Waals surface area contributed by atoms with Crippen molar-refractivity contribution in [3.63, 3.8) is 0 Å². The quantitative estimate of drug-likeness (QED) is 0.632. The maximum absolute atomic E-state index is 10.7. The summed E-state index contributed by atoms with van der Waals surface area (Å²) < 4.78 is -0.377. The van der Waals surface area contributed by atoms with Gasteiger partial charge < -0.3 is 10.8 Å². The molecule has 3 nitrogen and oxygen atoms in total. The van der Waals surface area contributed by atoms with E-state index in [9.17, 15) is 4.79 Å². The van der Waals surface area contributed by atoms with Gasteiger partial charge in [0.25, 0.3) is 0 Å². The molecule has 0 saturated carbocycles. The van der Waals surface area contributed by atoms with Crippen LogP contribution in [-0.2, 0) is 4.79 Å². The van der Waals surface area contributed by atoms with E-state index >= 15 is 0 Å². The molecule has 0 aromatic rings. The molecular formula is C11H23NO2S. The van der Waals surface area contributed by atoms with Gasteiger partial charge in [-0.1, -0.05) is 26.2 Å². The molecule has 0 saturated heterocycles. The van der Waals surface area contributed by atoms with Crippen molar-refractivity contribution in [2.75, 3.05) is 5.75 Å². The van der Waals surface area contributed by atoms with Gasteiger partial charge in [-0.15, -0.1) is 0 Å². The second kappa shape index (κ2) is 7.12. The van der Waals surface area contributed by atoms with E-state index < -0.39 is 12.0 Å². The van der Waals surface area contributed by atoms with Crippen LogP contribution >= 0.6 is 11.8 Å². The maximum Gasteiger partial charge on any atom is 0.321 e. The Labute approximate surface area is 96.8 Å². The van der Waals surface area contributed by atoms with Crippen LogP contribution in [0.2, 0.25) is 0 Å². The molecule has 0 heterocycles. The number of thioether (sulfide) groups is 1. The van der Waals surface area contributed by atoms with E-state index in [4.69, 9.17) is 10.8 Å². The van der Waals surface area contributed by atoms with Crippen molar-refractivity contribution < 1.29 is 9.90 Å². The zero-order valence-electron chi connectivity index (χ0n) is 9.95. The Kier molecular flexibility index (Phi) is 7.02. The van der Waals surface area contributed by atoms with Crippen molar-refractivity contribution in [3.8, 4) is 0 Å². The lowest BCUT2D eigenvalue weighted by molar-refractivity contribution is -0.139.